The molecule has 1 aromatic rings. The van der Waals surface area contributed by atoms with Crippen molar-refractivity contribution in [3.05, 3.63) is 23.8 Å². The predicted octanol–water partition coefficient (Wildman–Crippen LogP) is 2.07. The third kappa shape index (κ3) is 3.39. The lowest BCUT2D eigenvalue weighted by Gasteiger charge is -2.29. The van der Waals surface area contributed by atoms with E-state index in [2.05, 4.69) is 17.0 Å². The van der Waals surface area contributed by atoms with Crippen molar-refractivity contribution in [2.75, 3.05) is 31.2 Å². The van der Waals surface area contributed by atoms with Crippen molar-refractivity contribution in [3.63, 3.8) is 0 Å². The van der Waals surface area contributed by atoms with Crippen molar-refractivity contribution in [2.45, 2.75) is 32.2 Å². The van der Waals surface area contributed by atoms with Gasteiger partial charge in [0.2, 0.25) is 0 Å². The normalized spacial score (nSPS) is 17.3. The quantitative estimate of drug-likeness (QED) is 0.854. The molecule has 0 spiro atoms. The number of anilines is 1. The number of rotatable bonds is 5. The molecule has 1 aromatic carbocycles. The summed E-state index contributed by atoms with van der Waals surface area (Å²) in [6.45, 7) is 4.72. The standard InChI is InChI=1S/C15H24N2O2/c1-2-19-15-10-12(17-8-4-3-5-9-17)6-7-13(15)14(16)11-18/h6-7,10,14,18H,2-5,8-9,11,16H2,1H3/t14-/m0/s1. The minimum absolute atomic E-state index is 0.0663. The molecule has 1 saturated heterocycles. The van der Waals surface area contributed by atoms with Gasteiger partial charge in [0.05, 0.1) is 19.3 Å². The Morgan fingerprint density at radius 2 is 2.05 bits per heavy atom. The Labute approximate surface area is 115 Å². The fraction of sp³-hybridized carbons (Fsp3) is 0.600. The van der Waals surface area contributed by atoms with Crippen LogP contribution in [-0.2, 0) is 0 Å². The van der Waals surface area contributed by atoms with Crippen LogP contribution in [-0.4, -0.2) is 31.4 Å². The Bertz CT molecular complexity index is 403. The van der Waals surface area contributed by atoms with Crippen LogP contribution in [0.4, 0.5) is 5.69 Å². The first kappa shape index (κ1) is 14.2. The topological polar surface area (TPSA) is 58.7 Å². The molecule has 106 valence electrons. The van der Waals surface area contributed by atoms with E-state index in [1.807, 2.05) is 13.0 Å². The van der Waals surface area contributed by atoms with Gasteiger partial charge >= 0.3 is 0 Å². The summed E-state index contributed by atoms with van der Waals surface area (Å²) < 4.78 is 5.67. The number of hydrogen-bond acceptors (Lipinski definition) is 4. The van der Waals surface area contributed by atoms with Crippen molar-refractivity contribution in [1.29, 1.82) is 0 Å². The molecule has 1 heterocycles. The van der Waals surface area contributed by atoms with Gasteiger partial charge in [-0.3, -0.25) is 0 Å². The molecular formula is C15H24N2O2. The van der Waals surface area contributed by atoms with Crippen LogP contribution in [0.2, 0.25) is 0 Å². The first-order valence-electron chi connectivity index (χ1n) is 7.14. The first-order chi connectivity index (χ1) is 9.26. The zero-order valence-electron chi connectivity index (χ0n) is 11.6. The van der Waals surface area contributed by atoms with Gasteiger partial charge in [-0.25, -0.2) is 0 Å². The van der Waals surface area contributed by atoms with Gasteiger partial charge in [-0.2, -0.15) is 0 Å². The fourth-order valence-corrected chi connectivity index (χ4v) is 2.56. The number of nitrogens with two attached hydrogens (primary N) is 1. The highest BCUT2D eigenvalue weighted by Crippen LogP contribution is 2.30. The fourth-order valence-electron chi connectivity index (χ4n) is 2.56. The molecule has 1 atom stereocenters. The maximum absolute atomic E-state index is 9.21. The second-order valence-electron chi connectivity index (χ2n) is 4.99. The Balaban J connectivity index is 2.24. The van der Waals surface area contributed by atoms with Crippen LogP contribution in [0.15, 0.2) is 18.2 Å². The highest BCUT2D eigenvalue weighted by Gasteiger charge is 2.16. The second-order valence-corrected chi connectivity index (χ2v) is 4.99. The van der Waals surface area contributed by atoms with E-state index in [0.29, 0.717) is 6.61 Å². The van der Waals surface area contributed by atoms with Crippen molar-refractivity contribution in [2.24, 2.45) is 5.73 Å². The van der Waals surface area contributed by atoms with Crippen molar-refractivity contribution in [3.8, 4) is 5.75 Å². The number of piperidine rings is 1. The largest absolute Gasteiger partial charge is 0.493 e. The molecule has 0 bridgehead atoms. The van der Waals surface area contributed by atoms with Crippen LogP contribution in [0.1, 0.15) is 37.8 Å². The smallest absolute Gasteiger partial charge is 0.126 e. The number of nitrogens with zero attached hydrogens (tertiary/aromatic N) is 1. The Morgan fingerprint density at radius 3 is 2.68 bits per heavy atom. The molecule has 2 rings (SSSR count). The number of benzene rings is 1. The lowest BCUT2D eigenvalue weighted by molar-refractivity contribution is 0.261. The summed E-state index contributed by atoms with van der Waals surface area (Å²) in [7, 11) is 0. The van der Waals surface area contributed by atoms with E-state index in [4.69, 9.17) is 10.5 Å². The average Bonchev–Trinajstić information content (AvgIpc) is 2.47. The summed E-state index contributed by atoms with van der Waals surface area (Å²) in [5, 5.41) is 9.21. The van der Waals surface area contributed by atoms with E-state index in [9.17, 15) is 5.11 Å². The molecule has 1 aliphatic heterocycles. The Morgan fingerprint density at radius 1 is 1.32 bits per heavy atom. The van der Waals surface area contributed by atoms with Crippen LogP contribution in [0.3, 0.4) is 0 Å². The molecule has 1 aliphatic rings. The van der Waals surface area contributed by atoms with Gasteiger partial charge in [-0.1, -0.05) is 6.07 Å². The van der Waals surface area contributed by atoms with E-state index in [1.54, 1.807) is 0 Å². The van der Waals surface area contributed by atoms with E-state index in [1.165, 1.54) is 24.9 Å². The summed E-state index contributed by atoms with van der Waals surface area (Å²) in [5.74, 6) is 0.798. The molecule has 1 fully saturated rings. The minimum Gasteiger partial charge on any atom is -0.493 e. The highest BCUT2D eigenvalue weighted by atomic mass is 16.5. The van der Waals surface area contributed by atoms with Crippen molar-refractivity contribution in [1.82, 2.24) is 0 Å². The van der Waals surface area contributed by atoms with Crippen LogP contribution in [0.5, 0.6) is 5.75 Å². The van der Waals surface area contributed by atoms with Crippen LogP contribution >= 0.6 is 0 Å². The zero-order chi connectivity index (χ0) is 13.7. The molecule has 4 heteroatoms. The number of ether oxygens (including phenoxy) is 1. The van der Waals surface area contributed by atoms with E-state index >= 15 is 0 Å². The van der Waals surface area contributed by atoms with Gasteiger partial charge < -0.3 is 20.5 Å². The summed E-state index contributed by atoms with van der Waals surface area (Å²) in [6.07, 6.45) is 3.83. The second kappa shape index (κ2) is 6.78. The van der Waals surface area contributed by atoms with Gasteiger partial charge in [0.1, 0.15) is 5.75 Å². The van der Waals surface area contributed by atoms with Gasteiger partial charge in [0.15, 0.2) is 0 Å². The van der Waals surface area contributed by atoms with Crippen molar-refractivity contribution < 1.29 is 9.84 Å². The third-order valence-corrected chi connectivity index (χ3v) is 3.61. The molecule has 19 heavy (non-hydrogen) atoms. The van der Waals surface area contributed by atoms with Gasteiger partial charge in [0, 0.05) is 30.4 Å². The molecular weight excluding hydrogens is 240 g/mol. The van der Waals surface area contributed by atoms with Gasteiger partial charge in [-0.05, 0) is 32.3 Å². The number of hydrogen-bond donors (Lipinski definition) is 2. The monoisotopic (exact) mass is 264 g/mol. The summed E-state index contributed by atoms with van der Waals surface area (Å²) in [4.78, 5) is 2.39. The van der Waals surface area contributed by atoms with Gasteiger partial charge in [-0.15, -0.1) is 0 Å². The first-order valence-corrected chi connectivity index (χ1v) is 7.14. The lowest BCUT2D eigenvalue weighted by atomic mass is 10.0. The van der Waals surface area contributed by atoms with Crippen molar-refractivity contribution >= 4 is 5.69 Å². The summed E-state index contributed by atoms with van der Waals surface area (Å²) in [6, 6.07) is 5.74. The molecule has 0 aliphatic carbocycles. The maximum Gasteiger partial charge on any atom is 0.126 e. The van der Waals surface area contributed by atoms with E-state index in [-0.39, 0.29) is 12.6 Å². The minimum atomic E-state index is -0.378. The van der Waals surface area contributed by atoms with Crippen LogP contribution in [0.25, 0.3) is 0 Å². The Kier molecular flexibility index (Phi) is 5.05. The Hall–Kier alpha value is -1.26. The summed E-state index contributed by atoms with van der Waals surface area (Å²) in [5.41, 5.74) is 7.98. The molecule has 4 nitrogen and oxygen atoms in total. The van der Waals surface area contributed by atoms with E-state index in [0.717, 1.165) is 24.4 Å². The zero-order valence-corrected chi connectivity index (χ0v) is 11.6. The molecule has 0 amide bonds. The van der Waals surface area contributed by atoms with Crippen LogP contribution in [0, 0.1) is 0 Å². The SMILES string of the molecule is CCOc1cc(N2CCCCC2)ccc1[C@@H](N)CO. The summed E-state index contributed by atoms with van der Waals surface area (Å²) >= 11 is 0. The van der Waals surface area contributed by atoms with E-state index < -0.39 is 0 Å². The average molecular weight is 264 g/mol. The van der Waals surface area contributed by atoms with Gasteiger partial charge in [0.25, 0.3) is 0 Å². The molecule has 3 N–H and O–H groups in total. The lowest BCUT2D eigenvalue weighted by Crippen LogP contribution is -2.29. The highest BCUT2D eigenvalue weighted by molar-refractivity contribution is 5.54. The third-order valence-electron chi connectivity index (χ3n) is 3.61. The molecule has 0 radical (unpaired) electrons. The molecule has 0 unspecified atom stereocenters. The maximum atomic E-state index is 9.21. The number of aliphatic hydroxyl groups is 1. The number of aliphatic hydroxyl groups excluding tert-OH is 1. The molecule has 0 saturated carbocycles. The molecule has 0 aromatic heterocycles. The predicted molar refractivity (Wildman–Crippen MR) is 77.7 cm³/mol. The van der Waals surface area contributed by atoms with Crippen LogP contribution < -0.4 is 15.4 Å².